The van der Waals surface area contributed by atoms with Crippen LogP contribution in [-0.2, 0) is 9.59 Å². The first kappa shape index (κ1) is 17.6. The summed E-state index contributed by atoms with van der Waals surface area (Å²) in [7, 11) is 1.56. The smallest absolute Gasteiger partial charge is 0.228 e. The first-order chi connectivity index (χ1) is 12.0. The molecule has 0 aromatic heterocycles. The van der Waals surface area contributed by atoms with Gasteiger partial charge in [0, 0.05) is 27.5 Å². The number of anilines is 2. The molecule has 1 fully saturated rings. The standard InChI is InChI=1S/C18H16Cl2N2O3/c1-25-14-4-2-3-12(8-14)21-17(23)15-9-16(15)18(24)22-13-6-10(19)5-11(20)7-13/h2-8,15-16H,9H2,1H3,(H,21,23)(H,22,24). The lowest BCUT2D eigenvalue weighted by Gasteiger charge is -2.08. The Morgan fingerprint density at radius 1 is 0.960 bits per heavy atom. The monoisotopic (exact) mass is 378 g/mol. The third-order valence-corrected chi connectivity index (χ3v) is 4.37. The number of benzene rings is 2. The highest BCUT2D eigenvalue weighted by molar-refractivity contribution is 6.35. The number of halogens is 2. The maximum absolute atomic E-state index is 12.3. The average Bonchev–Trinajstić information content (AvgIpc) is 3.35. The highest BCUT2D eigenvalue weighted by Gasteiger charge is 2.48. The molecule has 5 nitrogen and oxygen atoms in total. The Balaban J connectivity index is 1.57. The van der Waals surface area contributed by atoms with Gasteiger partial charge in [0.1, 0.15) is 5.75 Å². The Kier molecular flexibility index (Phi) is 5.16. The van der Waals surface area contributed by atoms with Gasteiger partial charge in [-0.25, -0.2) is 0 Å². The zero-order valence-corrected chi connectivity index (χ0v) is 14.9. The first-order valence-corrected chi connectivity index (χ1v) is 8.44. The molecule has 0 aliphatic heterocycles. The van der Waals surface area contributed by atoms with Crippen LogP contribution in [0.3, 0.4) is 0 Å². The molecule has 2 amide bonds. The second-order valence-corrected chi connectivity index (χ2v) is 6.69. The summed E-state index contributed by atoms with van der Waals surface area (Å²) in [4.78, 5) is 24.5. The third-order valence-electron chi connectivity index (χ3n) is 3.93. The van der Waals surface area contributed by atoms with Gasteiger partial charge in [0.15, 0.2) is 0 Å². The number of hydrogen-bond donors (Lipinski definition) is 2. The van der Waals surface area contributed by atoms with E-state index in [4.69, 9.17) is 27.9 Å². The van der Waals surface area contributed by atoms with E-state index in [1.54, 1.807) is 49.6 Å². The molecule has 0 spiro atoms. The number of carbonyl (C=O) groups is 2. The summed E-state index contributed by atoms with van der Waals surface area (Å²) in [5.41, 5.74) is 1.15. The summed E-state index contributed by atoms with van der Waals surface area (Å²) in [6.07, 6.45) is 0.510. The van der Waals surface area contributed by atoms with Gasteiger partial charge >= 0.3 is 0 Å². The van der Waals surface area contributed by atoms with E-state index in [9.17, 15) is 9.59 Å². The molecular weight excluding hydrogens is 363 g/mol. The Morgan fingerprint density at radius 3 is 2.16 bits per heavy atom. The Hall–Kier alpha value is -2.24. The third kappa shape index (κ3) is 4.44. The summed E-state index contributed by atoms with van der Waals surface area (Å²) in [5.74, 6) is -0.452. The summed E-state index contributed by atoms with van der Waals surface area (Å²) in [6.45, 7) is 0. The van der Waals surface area contributed by atoms with Gasteiger partial charge in [-0.1, -0.05) is 29.3 Å². The maximum atomic E-state index is 12.3. The van der Waals surface area contributed by atoms with Crippen molar-refractivity contribution in [3.05, 3.63) is 52.5 Å². The highest BCUT2D eigenvalue weighted by Crippen LogP contribution is 2.40. The Labute approximate surface area is 155 Å². The van der Waals surface area contributed by atoms with E-state index >= 15 is 0 Å². The fourth-order valence-corrected chi connectivity index (χ4v) is 3.10. The fourth-order valence-electron chi connectivity index (χ4n) is 2.57. The molecular formula is C18H16Cl2N2O3. The number of rotatable bonds is 5. The van der Waals surface area contributed by atoms with Crippen LogP contribution in [-0.4, -0.2) is 18.9 Å². The fraction of sp³-hybridized carbons (Fsp3) is 0.222. The minimum Gasteiger partial charge on any atom is -0.497 e. The molecule has 2 aromatic rings. The van der Waals surface area contributed by atoms with Crippen LogP contribution in [0.15, 0.2) is 42.5 Å². The minimum atomic E-state index is -0.358. The Morgan fingerprint density at radius 2 is 1.56 bits per heavy atom. The minimum absolute atomic E-state index is 0.183. The number of ether oxygens (including phenoxy) is 1. The summed E-state index contributed by atoms with van der Waals surface area (Å²) in [6, 6.07) is 11.9. The van der Waals surface area contributed by atoms with Crippen molar-refractivity contribution >= 4 is 46.4 Å². The average molecular weight is 379 g/mol. The van der Waals surface area contributed by atoms with Crippen LogP contribution in [0.1, 0.15) is 6.42 Å². The van der Waals surface area contributed by atoms with E-state index in [2.05, 4.69) is 10.6 Å². The molecule has 1 aliphatic rings. The topological polar surface area (TPSA) is 67.4 Å². The van der Waals surface area contributed by atoms with E-state index in [0.29, 0.717) is 33.6 Å². The van der Waals surface area contributed by atoms with Crippen LogP contribution >= 0.6 is 23.2 Å². The number of methoxy groups -OCH3 is 1. The molecule has 0 saturated heterocycles. The zero-order chi connectivity index (χ0) is 18.0. The highest BCUT2D eigenvalue weighted by atomic mass is 35.5. The number of nitrogens with one attached hydrogen (secondary N) is 2. The van der Waals surface area contributed by atoms with Gasteiger partial charge in [-0.15, -0.1) is 0 Å². The van der Waals surface area contributed by atoms with Crippen molar-refractivity contribution in [1.82, 2.24) is 0 Å². The molecule has 2 aromatic carbocycles. The maximum Gasteiger partial charge on any atom is 0.228 e. The van der Waals surface area contributed by atoms with Crippen LogP contribution in [0, 0.1) is 11.8 Å². The van der Waals surface area contributed by atoms with Crippen LogP contribution in [0.4, 0.5) is 11.4 Å². The largest absolute Gasteiger partial charge is 0.497 e. The van der Waals surface area contributed by atoms with Crippen molar-refractivity contribution in [3.8, 4) is 5.75 Å². The molecule has 0 bridgehead atoms. The molecule has 2 unspecified atom stereocenters. The second-order valence-electron chi connectivity index (χ2n) is 5.82. The molecule has 0 heterocycles. The van der Waals surface area contributed by atoms with E-state index < -0.39 is 0 Å². The summed E-state index contributed by atoms with van der Waals surface area (Å²) >= 11 is 11.8. The molecule has 7 heteroatoms. The molecule has 1 aliphatic carbocycles. The summed E-state index contributed by atoms with van der Waals surface area (Å²) < 4.78 is 5.12. The summed E-state index contributed by atoms with van der Waals surface area (Å²) in [5, 5.41) is 6.42. The van der Waals surface area contributed by atoms with Crippen LogP contribution in [0.25, 0.3) is 0 Å². The van der Waals surface area contributed by atoms with Gasteiger partial charge in [-0.05, 0) is 36.8 Å². The van der Waals surface area contributed by atoms with Crippen molar-refractivity contribution < 1.29 is 14.3 Å². The van der Waals surface area contributed by atoms with Gasteiger partial charge in [-0.2, -0.15) is 0 Å². The molecule has 2 atom stereocenters. The van der Waals surface area contributed by atoms with Crippen molar-refractivity contribution in [1.29, 1.82) is 0 Å². The van der Waals surface area contributed by atoms with Crippen LogP contribution in [0.5, 0.6) is 5.75 Å². The van der Waals surface area contributed by atoms with Gasteiger partial charge in [-0.3, -0.25) is 9.59 Å². The van der Waals surface area contributed by atoms with Crippen LogP contribution in [0.2, 0.25) is 10.0 Å². The molecule has 3 rings (SSSR count). The predicted molar refractivity (Wildman–Crippen MR) is 98.3 cm³/mol. The van der Waals surface area contributed by atoms with Crippen molar-refractivity contribution in [3.63, 3.8) is 0 Å². The lowest BCUT2D eigenvalue weighted by atomic mass is 10.2. The van der Waals surface area contributed by atoms with E-state index in [0.717, 1.165) is 0 Å². The van der Waals surface area contributed by atoms with Gasteiger partial charge in [0.25, 0.3) is 0 Å². The van der Waals surface area contributed by atoms with Crippen LogP contribution < -0.4 is 15.4 Å². The first-order valence-electron chi connectivity index (χ1n) is 7.68. The van der Waals surface area contributed by atoms with Crippen molar-refractivity contribution in [2.45, 2.75) is 6.42 Å². The molecule has 0 radical (unpaired) electrons. The second kappa shape index (κ2) is 7.33. The molecule has 25 heavy (non-hydrogen) atoms. The number of hydrogen-bond acceptors (Lipinski definition) is 3. The van der Waals surface area contributed by atoms with Crippen molar-refractivity contribution in [2.75, 3.05) is 17.7 Å². The number of carbonyl (C=O) groups excluding carboxylic acids is 2. The molecule has 2 N–H and O–H groups in total. The zero-order valence-electron chi connectivity index (χ0n) is 13.4. The Bertz CT molecular complexity index is 805. The van der Waals surface area contributed by atoms with E-state index in [-0.39, 0.29) is 23.7 Å². The van der Waals surface area contributed by atoms with Gasteiger partial charge < -0.3 is 15.4 Å². The quantitative estimate of drug-likeness (QED) is 0.818. The van der Waals surface area contributed by atoms with E-state index in [1.165, 1.54) is 0 Å². The number of amides is 2. The normalized spacial score (nSPS) is 18.4. The SMILES string of the molecule is COc1cccc(NC(=O)C2CC2C(=O)Nc2cc(Cl)cc(Cl)c2)c1. The lowest BCUT2D eigenvalue weighted by Crippen LogP contribution is -2.20. The van der Waals surface area contributed by atoms with Crippen molar-refractivity contribution in [2.24, 2.45) is 11.8 Å². The lowest BCUT2D eigenvalue weighted by molar-refractivity contribution is -0.122. The van der Waals surface area contributed by atoms with Gasteiger partial charge in [0.2, 0.25) is 11.8 Å². The van der Waals surface area contributed by atoms with Gasteiger partial charge in [0.05, 0.1) is 18.9 Å². The predicted octanol–water partition coefficient (Wildman–Crippen LogP) is 4.22. The molecule has 1 saturated carbocycles. The molecule has 130 valence electrons. The van der Waals surface area contributed by atoms with E-state index in [1.807, 2.05) is 0 Å².